The lowest BCUT2D eigenvalue weighted by Crippen LogP contribution is -2.29. The molecular formula is C22H34O3S. The van der Waals surface area contributed by atoms with E-state index in [-0.39, 0.29) is 17.5 Å². The molecule has 3 rings (SSSR count). The van der Waals surface area contributed by atoms with E-state index < -0.39 is 5.60 Å². The van der Waals surface area contributed by atoms with Gasteiger partial charge in [0.15, 0.2) is 0 Å². The van der Waals surface area contributed by atoms with Crippen molar-refractivity contribution in [2.45, 2.75) is 97.2 Å². The zero-order chi connectivity index (χ0) is 19.1. The van der Waals surface area contributed by atoms with Gasteiger partial charge in [0.2, 0.25) is 0 Å². The number of rotatable bonds is 3. The lowest BCUT2D eigenvalue weighted by atomic mass is 9.75. The summed E-state index contributed by atoms with van der Waals surface area (Å²) in [7, 11) is 1.81. The second-order valence-electron chi connectivity index (χ2n) is 9.75. The predicted octanol–water partition coefficient (Wildman–Crippen LogP) is 5.89. The number of aryl methyl sites for hydroxylation is 1. The Morgan fingerprint density at radius 3 is 2.54 bits per heavy atom. The van der Waals surface area contributed by atoms with E-state index in [0.717, 1.165) is 31.2 Å². The van der Waals surface area contributed by atoms with Crippen molar-refractivity contribution in [2.75, 3.05) is 7.11 Å². The minimum Gasteiger partial charge on any atom is -0.456 e. The van der Waals surface area contributed by atoms with Crippen LogP contribution in [0.15, 0.2) is 0 Å². The normalized spacial score (nSPS) is 25.6. The van der Waals surface area contributed by atoms with Crippen LogP contribution < -0.4 is 0 Å². The fraction of sp³-hybridized carbons (Fsp3) is 0.773. The Hall–Kier alpha value is -0.870. The third-order valence-corrected chi connectivity index (χ3v) is 7.17. The lowest BCUT2D eigenvalue weighted by Gasteiger charge is -2.31. The van der Waals surface area contributed by atoms with Gasteiger partial charge in [-0.3, -0.25) is 0 Å². The highest BCUT2D eigenvalue weighted by molar-refractivity contribution is 7.12. The van der Waals surface area contributed by atoms with Gasteiger partial charge >= 0.3 is 5.97 Å². The first-order chi connectivity index (χ1) is 12.1. The Kier molecular flexibility index (Phi) is 5.56. The van der Waals surface area contributed by atoms with Crippen LogP contribution in [-0.4, -0.2) is 24.8 Å². The van der Waals surface area contributed by atoms with E-state index in [4.69, 9.17) is 9.47 Å². The van der Waals surface area contributed by atoms with Gasteiger partial charge in [-0.2, -0.15) is 0 Å². The molecule has 3 nitrogen and oxygen atoms in total. The molecule has 2 aliphatic carbocycles. The quantitative estimate of drug-likeness (QED) is 0.615. The maximum atomic E-state index is 13.2. The Balaban J connectivity index is 2.06. The molecule has 0 amide bonds. The summed E-state index contributed by atoms with van der Waals surface area (Å²) in [6.07, 6.45) is 8.08. The minimum atomic E-state index is -0.472. The van der Waals surface area contributed by atoms with Crippen molar-refractivity contribution < 1.29 is 14.3 Å². The smallest absolute Gasteiger partial charge is 0.340 e. The minimum absolute atomic E-state index is 0.136. The second-order valence-corrected chi connectivity index (χ2v) is 10.9. The van der Waals surface area contributed by atoms with Crippen LogP contribution in [0.1, 0.15) is 98.3 Å². The standard InChI is InChI=1S/C22H34O3S/c1-21(2,3)25-20(23)18-15-13-22(4,5)12-11-17(15)26-19(18)14-9-7-8-10-16(14)24-6/h14,16H,7-13H2,1-6H3. The third-order valence-electron chi connectivity index (χ3n) is 5.75. The zero-order valence-electron chi connectivity index (χ0n) is 17.2. The van der Waals surface area contributed by atoms with Crippen molar-refractivity contribution in [3.05, 3.63) is 20.9 Å². The Morgan fingerprint density at radius 2 is 1.88 bits per heavy atom. The predicted molar refractivity (Wildman–Crippen MR) is 107 cm³/mol. The van der Waals surface area contributed by atoms with Crippen molar-refractivity contribution in [1.29, 1.82) is 0 Å². The van der Waals surface area contributed by atoms with E-state index >= 15 is 0 Å². The molecule has 0 aliphatic heterocycles. The maximum Gasteiger partial charge on any atom is 0.340 e. The zero-order valence-corrected chi connectivity index (χ0v) is 18.1. The molecule has 1 fully saturated rings. The number of thiophene rings is 1. The van der Waals surface area contributed by atoms with Gasteiger partial charge in [0, 0.05) is 22.8 Å². The van der Waals surface area contributed by atoms with Crippen molar-refractivity contribution in [3.63, 3.8) is 0 Å². The summed E-state index contributed by atoms with van der Waals surface area (Å²) < 4.78 is 11.7. The molecule has 0 spiro atoms. The van der Waals surface area contributed by atoms with E-state index in [1.807, 2.05) is 39.2 Å². The first-order valence-electron chi connectivity index (χ1n) is 10.0. The first kappa shape index (κ1) is 19.9. The van der Waals surface area contributed by atoms with Gasteiger partial charge in [0.25, 0.3) is 0 Å². The molecule has 0 aromatic carbocycles. The van der Waals surface area contributed by atoms with Crippen LogP contribution >= 0.6 is 11.3 Å². The van der Waals surface area contributed by atoms with Crippen LogP contribution in [0, 0.1) is 5.41 Å². The summed E-state index contributed by atoms with van der Waals surface area (Å²) in [6.45, 7) is 10.5. The maximum absolute atomic E-state index is 13.2. The summed E-state index contributed by atoms with van der Waals surface area (Å²) in [5.74, 6) is 0.193. The van der Waals surface area contributed by atoms with Crippen LogP contribution in [0.5, 0.6) is 0 Å². The van der Waals surface area contributed by atoms with Gasteiger partial charge in [0.1, 0.15) is 5.60 Å². The number of methoxy groups -OCH3 is 1. The van der Waals surface area contributed by atoms with E-state index in [2.05, 4.69) is 13.8 Å². The van der Waals surface area contributed by atoms with E-state index in [0.29, 0.717) is 5.92 Å². The van der Waals surface area contributed by atoms with Crippen molar-refractivity contribution in [2.24, 2.45) is 5.41 Å². The van der Waals surface area contributed by atoms with Crippen LogP contribution in [0.25, 0.3) is 0 Å². The average Bonchev–Trinajstić information content (AvgIpc) is 2.90. The molecular weight excluding hydrogens is 344 g/mol. The molecule has 0 radical (unpaired) electrons. The molecule has 1 heterocycles. The Morgan fingerprint density at radius 1 is 1.19 bits per heavy atom. The van der Waals surface area contributed by atoms with Gasteiger partial charge in [-0.1, -0.05) is 26.7 Å². The van der Waals surface area contributed by atoms with E-state index in [1.165, 1.54) is 34.6 Å². The fourth-order valence-corrected chi connectivity index (χ4v) is 5.93. The van der Waals surface area contributed by atoms with Crippen molar-refractivity contribution in [1.82, 2.24) is 0 Å². The molecule has 0 N–H and O–H groups in total. The van der Waals surface area contributed by atoms with Gasteiger partial charge in [-0.25, -0.2) is 4.79 Å². The van der Waals surface area contributed by atoms with Crippen LogP contribution in [-0.2, 0) is 22.3 Å². The monoisotopic (exact) mass is 378 g/mol. The van der Waals surface area contributed by atoms with E-state index in [9.17, 15) is 4.79 Å². The molecule has 26 heavy (non-hydrogen) atoms. The largest absolute Gasteiger partial charge is 0.456 e. The summed E-state index contributed by atoms with van der Waals surface area (Å²) in [5, 5.41) is 0. The van der Waals surface area contributed by atoms with E-state index in [1.54, 1.807) is 0 Å². The summed E-state index contributed by atoms with van der Waals surface area (Å²) >= 11 is 1.86. The second kappa shape index (κ2) is 7.27. The molecule has 1 saturated carbocycles. The molecule has 2 unspecified atom stereocenters. The molecule has 146 valence electrons. The van der Waals surface area contributed by atoms with Gasteiger partial charge in [-0.15, -0.1) is 11.3 Å². The number of hydrogen-bond acceptors (Lipinski definition) is 4. The fourth-order valence-electron chi connectivity index (χ4n) is 4.43. The number of ether oxygens (including phenoxy) is 2. The summed E-state index contributed by atoms with van der Waals surface area (Å²) in [4.78, 5) is 15.8. The number of hydrogen-bond donors (Lipinski definition) is 0. The number of carbonyl (C=O) groups excluding carboxylic acids is 1. The van der Waals surface area contributed by atoms with Gasteiger partial charge in [0.05, 0.1) is 11.7 Å². The first-order valence-corrected chi connectivity index (χ1v) is 10.8. The molecule has 1 aromatic rings. The van der Waals surface area contributed by atoms with Gasteiger partial charge in [-0.05, 0) is 63.9 Å². The van der Waals surface area contributed by atoms with Crippen LogP contribution in [0.2, 0.25) is 0 Å². The highest BCUT2D eigenvalue weighted by Gasteiger charge is 2.38. The lowest BCUT2D eigenvalue weighted by molar-refractivity contribution is 0.00629. The summed E-state index contributed by atoms with van der Waals surface area (Å²) in [6, 6.07) is 0. The Labute approximate surface area is 162 Å². The SMILES string of the molecule is COC1CCCCC1c1sc2c(c1C(=O)OC(C)(C)C)CC(C)(C)CC2. The molecule has 0 saturated heterocycles. The molecule has 2 aliphatic rings. The van der Waals surface area contributed by atoms with Gasteiger partial charge < -0.3 is 9.47 Å². The third kappa shape index (κ3) is 4.17. The van der Waals surface area contributed by atoms with Crippen molar-refractivity contribution in [3.8, 4) is 0 Å². The molecule has 4 heteroatoms. The highest BCUT2D eigenvalue weighted by Crippen LogP contribution is 2.47. The molecule has 0 bridgehead atoms. The highest BCUT2D eigenvalue weighted by atomic mass is 32.1. The van der Waals surface area contributed by atoms with Crippen LogP contribution in [0.4, 0.5) is 0 Å². The molecule has 1 aromatic heterocycles. The van der Waals surface area contributed by atoms with Crippen molar-refractivity contribution >= 4 is 17.3 Å². The number of esters is 1. The summed E-state index contributed by atoms with van der Waals surface area (Å²) in [5.41, 5.74) is 1.91. The Bertz CT molecular complexity index is 666. The number of carbonyl (C=O) groups is 1. The number of fused-ring (bicyclic) bond motifs is 1. The van der Waals surface area contributed by atoms with Crippen LogP contribution in [0.3, 0.4) is 0 Å². The molecule has 2 atom stereocenters. The average molecular weight is 379 g/mol. The topological polar surface area (TPSA) is 35.5 Å².